The summed E-state index contributed by atoms with van der Waals surface area (Å²) in [7, 11) is 1.32. The van der Waals surface area contributed by atoms with Gasteiger partial charge in [-0.1, -0.05) is 0 Å². The van der Waals surface area contributed by atoms with E-state index in [0.29, 0.717) is 30.6 Å². The topological polar surface area (TPSA) is 104 Å². The summed E-state index contributed by atoms with van der Waals surface area (Å²) in [4.78, 5) is 22.4. The lowest BCUT2D eigenvalue weighted by molar-refractivity contribution is 0.0177. The van der Waals surface area contributed by atoms with Gasteiger partial charge in [-0.05, 0) is 58.1 Å². The molecule has 39 heavy (non-hydrogen) atoms. The molecule has 1 amide bonds. The number of aromatic nitrogens is 4. The lowest BCUT2D eigenvalue weighted by atomic mass is 9.97. The van der Waals surface area contributed by atoms with Crippen LogP contribution in [0.5, 0.6) is 11.5 Å². The zero-order chi connectivity index (χ0) is 28.2. The van der Waals surface area contributed by atoms with Crippen molar-refractivity contribution in [2.75, 3.05) is 25.5 Å². The first-order chi connectivity index (χ1) is 18.5. The molecular weight excluding hydrogens is 510 g/mol. The molecule has 10 nitrogen and oxygen atoms in total. The molecule has 0 unspecified atom stereocenters. The predicted octanol–water partition coefficient (Wildman–Crippen LogP) is 5.24. The number of nitrogens with zero attached hydrogens (tertiary/aromatic N) is 5. The Morgan fingerprint density at radius 2 is 1.82 bits per heavy atom. The molecule has 1 aromatic carbocycles. The fourth-order valence-corrected chi connectivity index (χ4v) is 4.24. The van der Waals surface area contributed by atoms with Gasteiger partial charge in [-0.2, -0.15) is 5.10 Å². The van der Waals surface area contributed by atoms with Gasteiger partial charge in [0.15, 0.2) is 17.3 Å². The number of carbonyl (C=O) groups excluding carboxylic acids is 1. The summed E-state index contributed by atoms with van der Waals surface area (Å²) >= 11 is 0. The predicted molar refractivity (Wildman–Crippen MR) is 140 cm³/mol. The van der Waals surface area contributed by atoms with Gasteiger partial charge in [-0.25, -0.2) is 23.5 Å². The Hall–Kier alpha value is -3.96. The van der Waals surface area contributed by atoms with Crippen LogP contribution in [0, 0.1) is 24.5 Å². The molecule has 1 saturated heterocycles. The lowest BCUT2D eigenvalue weighted by Gasteiger charge is -2.33. The van der Waals surface area contributed by atoms with Crippen molar-refractivity contribution in [3.63, 3.8) is 0 Å². The van der Waals surface area contributed by atoms with Crippen molar-refractivity contribution in [3.05, 3.63) is 53.6 Å². The third-order valence-corrected chi connectivity index (χ3v) is 6.27. The van der Waals surface area contributed by atoms with E-state index in [2.05, 4.69) is 20.4 Å². The van der Waals surface area contributed by atoms with Crippen molar-refractivity contribution >= 4 is 17.7 Å². The molecule has 0 aliphatic carbocycles. The highest BCUT2D eigenvalue weighted by Crippen LogP contribution is 2.27. The molecule has 0 atom stereocenters. The van der Waals surface area contributed by atoms with E-state index in [0.717, 1.165) is 19.4 Å². The van der Waals surface area contributed by atoms with Crippen LogP contribution < -0.4 is 14.8 Å². The number of ether oxygens (including phenoxy) is 3. The van der Waals surface area contributed by atoms with E-state index in [9.17, 15) is 13.6 Å². The Morgan fingerprint density at radius 3 is 2.46 bits per heavy atom. The number of carbonyl (C=O) groups is 1. The smallest absolute Gasteiger partial charge is 0.410 e. The number of nitrogens with one attached hydrogen (secondary N) is 1. The van der Waals surface area contributed by atoms with Gasteiger partial charge in [0, 0.05) is 25.8 Å². The number of amides is 1. The second-order valence-electron chi connectivity index (χ2n) is 10.5. The first kappa shape index (κ1) is 28.1. The van der Waals surface area contributed by atoms with E-state index in [1.54, 1.807) is 11.1 Å². The monoisotopic (exact) mass is 544 g/mol. The second-order valence-corrected chi connectivity index (χ2v) is 10.5. The average molecular weight is 545 g/mol. The van der Waals surface area contributed by atoms with E-state index in [4.69, 9.17) is 14.2 Å². The molecule has 3 heterocycles. The molecule has 2 aromatic heterocycles. The highest BCUT2D eigenvalue weighted by Gasteiger charge is 2.27. The van der Waals surface area contributed by atoms with E-state index in [1.165, 1.54) is 32.5 Å². The first-order valence-corrected chi connectivity index (χ1v) is 12.8. The zero-order valence-corrected chi connectivity index (χ0v) is 22.8. The summed E-state index contributed by atoms with van der Waals surface area (Å²) in [6.45, 7) is 8.83. The molecule has 0 radical (unpaired) electrons. The van der Waals surface area contributed by atoms with Crippen LogP contribution in [0.4, 0.5) is 25.2 Å². The van der Waals surface area contributed by atoms with Gasteiger partial charge >= 0.3 is 6.09 Å². The van der Waals surface area contributed by atoms with Gasteiger partial charge in [0.25, 0.3) is 0 Å². The fourth-order valence-electron chi connectivity index (χ4n) is 4.24. The summed E-state index contributed by atoms with van der Waals surface area (Å²) in [5, 5.41) is 7.49. The maximum absolute atomic E-state index is 14.5. The van der Waals surface area contributed by atoms with Gasteiger partial charge in [0.05, 0.1) is 37.0 Å². The quantitative estimate of drug-likeness (QED) is 0.411. The van der Waals surface area contributed by atoms with Crippen LogP contribution in [0.15, 0.2) is 30.9 Å². The van der Waals surface area contributed by atoms with Crippen LogP contribution >= 0.6 is 0 Å². The van der Waals surface area contributed by atoms with E-state index < -0.39 is 17.2 Å². The molecule has 1 fully saturated rings. The molecule has 1 N–H and O–H groups in total. The first-order valence-electron chi connectivity index (χ1n) is 12.8. The van der Waals surface area contributed by atoms with Crippen molar-refractivity contribution in [2.24, 2.45) is 5.92 Å². The Morgan fingerprint density at radius 1 is 1.13 bits per heavy atom. The second kappa shape index (κ2) is 11.8. The molecule has 1 aliphatic heterocycles. The maximum atomic E-state index is 14.5. The maximum Gasteiger partial charge on any atom is 0.410 e. The van der Waals surface area contributed by atoms with E-state index in [-0.39, 0.29) is 35.3 Å². The Labute approximate surface area is 226 Å². The number of methoxy groups -OCH3 is 1. The number of rotatable bonds is 8. The molecule has 0 spiro atoms. The number of halogens is 2. The SMILES string of the molecule is COc1cc(C)c(F)c(COc2cnc(Nc3cnn(CC4CCN(C(=O)OC(C)(C)C)CC4)c3)nc2)c1F. The molecule has 12 heteroatoms. The highest BCUT2D eigenvalue weighted by molar-refractivity contribution is 5.68. The fraction of sp³-hybridized carbons (Fsp3) is 0.481. The van der Waals surface area contributed by atoms with E-state index >= 15 is 0 Å². The Kier molecular flexibility index (Phi) is 8.51. The molecule has 1 aliphatic rings. The summed E-state index contributed by atoms with van der Waals surface area (Å²) in [6, 6.07) is 1.30. The van der Waals surface area contributed by atoms with Gasteiger partial charge in [-0.3, -0.25) is 4.68 Å². The van der Waals surface area contributed by atoms with Crippen LogP contribution in [0.25, 0.3) is 0 Å². The van der Waals surface area contributed by atoms with Crippen molar-refractivity contribution in [1.29, 1.82) is 0 Å². The number of benzene rings is 1. The summed E-state index contributed by atoms with van der Waals surface area (Å²) < 4.78 is 46.6. The van der Waals surface area contributed by atoms with E-state index in [1.807, 2.05) is 31.6 Å². The number of piperidine rings is 1. The number of aryl methyl sites for hydroxylation is 1. The van der Waals surface area contributed by atoms with Crippen molar-refractivity contribution in [1.82, 2.24) is 24.6 Å². The normalized spacial score (nSPS) is 14.3. The van der Waals surface area contributed by atoms with Crippen molar-refractivity contribution in [3.8, 4) is 11.5 Å². The largest absolute Gasteiger partial charge is 0.494 e. The van der Waals surface area contributed by atoms with Gasteiger partial charge in [-0.15, -0.1) is 0 Å². The molecule has 3 aromatic rings. The average Bonchev–Trinajstić information content (AvgIpc) is 3.33. The standard InChI is InChI=1S/C27H34F2N6O4/c1-17-10-22(37-5)24(29)21(23(17)28)16-38-20-12-30-25(31-13-20)33-19-11-32-35(15-19)14-18-6-8-34(9-7-18)26(36)39-27(2,3)4/h10-13,15,18H,6-9,14,16H2,1-5H3,(H,30,31,33). The minimum Gasteiger partial charge on any atom is -0.494 e. The van der Waals surface area contributed by atoms with Crippen LogP contribution in [-0.4, -0.2) is 56.5 Å². The number of anilines is 2. The third kappa shape index (κ3) is 7.33. The molecular formula is C27H34F2N6O4. The Bertz CT molecular complexity index is 1280. The number of hydrogen-bond acceptors (Lipinski definition) is 8. The van der Waals surface area contributed by atoms with Crippen LogP contribution in [0.1, 0.15) is 44.7 Å². The zero-order valence-electron chi connectivity index (χ0n) is 22.8. The highest BCUT2D eigenvalue weighted by atomic mass is 19.1. The van der Waals surface area contributed by atoms with Gasteiger partial charge < -0.3 is 24.4 Å². The summed E-state index contributed by atoms with van der Waals surface area (Å²) in [5.41, 5.74) is 0.246. The number of hydrogen-bond donors (Lipinski definition) is 1. The van der Waals surface area contributed by atoms with Gasteiger partial charge in [0.2, 0.25) is 5.95 Å². The molecule has 0 saturated carbocycles. The third-order valence-electron chi connectivity index (χ3n) is 6.27. The van der Waals surface area contributed by atoms with Crippen molar-refractivity contribution in [2.45, 2.75) is 59.3 Å². The van der Waals surface area contributed by atoms with Crippen LogP contribution in [-0.2, 0) is 17.9 Å². The molecule has 0 bridgehead atoms. The summed E-state index contributed by atoms with van der Waals surface area (Å²) in [6.07, 6.45) is 7.86. The van der Waals surface area contributed by atoms with Crippen LogP contribution in [0.2, 0.25) is 0 Å². The lowest BCUT2D eigenvalue weighted by Crippen LogP contribution is -2.42. The summed E-state index contributed by atoms with van der Waals surface area (Å²) in [5.74, 6) is -0.554. The molecule has 210 valence electrons. The van der Waals surface area contributed by atoms with Crippen LogP contribution in [0.3, 0.4) is 0 Å². The minimum absolute atomic E-state index is 0.0462. The van der Waals surface area contributed by atoms with Crippen molar-refractivity contribution < 1.29 is 27.8 Å². The van der Waals surface area contributed by atoms with Gasteiger partial charge in [0.1, 0.15) is 18.0 Å². The molecule has 4 rings (SSSR count). The Balaban J connectivity index is 1.26. The minimum atomic E-state index is -0.801. The number of likely N-dealkylation sites (tertiary alicyclic amines) is 1.